The molecule has 0 radical (unpaired) electrons. The van der Waals surface area contributed by atoms with E-state index < -0.39 is 18.5 Å². The van der Waals surface area contributed by atoms with Crippen molar-refractivity contribution in [3.8, 4) is 11.8 Å². The summed E-state index contributed by atoms with van der Waals surface area (Å²) in [6.45, 7) is 1.36. The Balaban J connectivity index is 1.57. The first-order chi connectivity index (χ1) is 13.6. The second-order valence-electron chi connectivity index (χ2n) is 6.05. The third-order valence-corrected chi connectivity index (χ3v) is 4.09. The number of rotatable bonds is 6. The summed E-state index contributed by atoms with van der Waals surface area (Å²) in [6.07, 6.45) is 1.73. The molecule has 0 fully saturated rings. The molecule has 1 amide bonds. The van der Waals surface area contributed by atoms with Crippen molar-refractivity contribution in [1.29, 1.82) is 5.26 Å². The van der Waals surface area contributed by atoms with Gasteiger partial charge in [-0.2, -0.15) is 10.4 Å². The normalized spacial score (nSPS) is 10.1. The van der Waals surface area contributed by atoms with E-state index in [1.165, 1.54) is 6.20 Å². The maximum atomic E-state index is 12.3. The molecule has 0 saturated carbocycles. The lowest BCUT2D eigenvalue weighted by molar-refractivity contribution is -0.119. The number of nitrogens with one attached hydrogen (secondary N) is 1. The zero-order valence-corrected chi connectivity index (χ0v) is 15.3. The first-order valence-electron chi connectivity index (χ1n) is 8.61. The Kier molecular flexibility index (Phi) is 5.82. The number of hydrogen-bond donors (Lipinski definition) is 1. The molecule has 0 aliphatic rings. The van der Waals surface area contributed by atoms with Crippen LogP contribution in [0.2, 0.25) is 0 Å². The molecule has 0 atom stereocenters. The van der Waals surface area contributed by atoms with Gasteiger partial charge in [0.25, 0.3) is 5.91 Å². The minimum Gasteiger partial charge on any atom is -0.452 e. The molecule has 0 bridgehead atoms. The van der Waals surface area contributed by atoms with Crippen LogP contribution in [0, 0.1) is 18.3 Å². The van der Waals surface area contributed by atoms with Crippen molar-refractivity contribution >= 4 is 17.6 Å². The zero-order chi connectivity index (χ0) is 19.9. The number of anilines is 1. The van der Waals surface area contributed by atoms with Gasteiger partial charge in [0.05, 0.1) is 30.1 Å². The number of ether oxygens (including phenoxy) is 1. The average molecular weight is 374 g/mol. The third kappa shape index (κ3) is 4.43. The number of nitrogens with zero attached hydrogens (tertiary/aromatic N) is 3. The molecule has 7 nitrogen and oxygen atoms in total. The van der Waals surface area contributed by atoms with Crippen molar-refractivity contribution < 1.29 is 14.3 Å². The van der Waals surface area contributed by atoms with E-state index in [0.717, 1.165) is 11.3 Å². The Morgan fingerprint density at radius 3 is 2.54 bits per heavy atom. The fourth-order valence-electron chi connectivity index (χ4n) is 2.64. The number of para-hydroxylation sites is 1. The second-order valence-corrected chi connectivity index (χ2v) is 6.05. The van der Waals surface area contributed by atoms with Gasteiger partial charge in [0, 0.05) is 5.69 Å². The summed E-state index contributed by atoms with van der Waals surface area (Å²) in [5.74, 6) is -1.06. The molecule has 0 aliphatic heterocycles. The van der Waals surface area contributed by atoms with Crippen LogP contribution in [-0.4, -0.2) is 28.3 Å². The SMILES string of the molecule is Cc1c(C(=O)OCC(=O)Nc2ccc(CC#N)cc2)cnn1-c1ccccc1. The number of benzene rings is 2. The Hall–Kier alpha value is -3.92. The second kappa shape index (κ2) is 8.64. The van der Waals surface area contributed by atoms with Crippen LogP contribution in [0.3, 0.4) is 0 Å². The van der Waals surface area contributed by atoms with Crippen LogP contribution in [0.1, 0.15) is 21.6 Å². The molecular formula is C21H18N4O3. The van der Waals surface area contributed by atoms with E-state index >= 15 is 0 Å². The Morgan fingerprint density at radius 2 is 1.86 bits per heavy atom. The predicted octanol–water partition coefficient (Wildman–Crippen LogP) is 3.04. The standard InChI is InChI=1S/C21H18N4O3/c1-15-19(13-23-25(15)18-5-3-2-4-6-18)21(27)28-14-20(26)24-17-9-7-16(8-10-17)11-12-22/h2-10,13H,11,14H2,1H3,(H,24,26). The van der Waals surface area contributed by atoms with Gasteiger partial charge in [-0.05, 0) is 36.8 Å². The Labute approximate surface area is 162 Å². The highest BCUT2D eigenvalue weighted by molar-refractivity contribution is 5.95. The molecule has 1 aromatic heterocycles. The molecule has 28 heavy (non-hydrogen) atoms. The van der Waals surface area contributed by atoms with Gasteiger partial charge in [-0.3, -0.25) is 4.79 Å². The lowest BCUT2D eigenvalue weighted by atomic mass is 10.1. The molecule has 7 heteroatoms. The minimum atomic E-state index is -0.612. The molecule has 0 aliphatic carbocycles. The van der Waals surface area contributed by atoms with E-state index in [9.17, 15) is 9.59 Å². The van der Waals surface area contributed by atoms with Crippen molar-refractivity contribution in [2.75, 3.05) is 11.9 Å². The fraction of sp³-hybridized carbons (Fsp3) is 0.143. The van der Waals surface area contributed by atoms with Crippen LogP contribution in [0.5, 0.6) is 0 Å². The van der Waals surface area contributed by atoms with Crippen molar-refractivity contribution in [1.82, 2.24) is 9.78 Å². The number of aromatic nitrogens is 2. The van der Waals surface area contributed by atoms with Crippen LogP contribution in [0.4, 0.5) is 5.69 Å². The summed E-state index contributed by atoms with van der Waals surface area (Å²) < 4.78 is 6.75. The average Bonchev–Trinajstić information content (AvgIpc) is 3.10. The molecule has 3 rings (SSSR count). The minimum absolute atomic E-state index is 0.303. The van der Waals surface area contributed by atoms with Gasteiger partial charge in [-0.25, -0.2) is 9.48 Å². The van der Waals surface area contributed by atoms with Crippen LogP contribution in [0.25, 0.3) is 5.69 Å². The summed E-state index contributed by atoms with van der Waals surface area (Å²) >= 11 is 0. The topological polar surface area (TPSA) is 97.0 Å². The van der Waals surface area contributed by atoms with Crippen LogP contribution in [-0.2, 0) is 16.0 Å². The summed E-state index contributed by atoms with van der Waals surface area (Å²) in [5, 5.41) is 15.5. The first-order valence-corrected chi connectivity index (χ1v) is 8.61. The highest BCUT2D eigenvalue weighted by Crippen LogP contribution is 2.15. The first kappa shape index (κ1) is 18.9. The van der Waals surface area contributed by atoms with Crippen molar-refractivity contribution in [2.45, 2.75) is 13.3 Å². The van der Waals surface area contributed by atoms with Crippen LogP contribution in [0.15, 0.2) is 60.8 Å². The van der Waals surface area contributed by atoms with Crippen LogP contribution >= 0.6 is 0 Å². The van der Waals surface area contributed by atoms with E-state index in [2.05, 4.69) is 16.5 Å². The van der Waals surface area contributed by atoms with E-state index in [-0.39, 0.29) is 0 Å². The maximum absolute atomic E-state index is 12.3. The fourth-order valence-corrected chi connectivity index (χ4v) is 2.64. The Bertz CT molecular complexity index is 1020. The number of nitriles is 1. The highest BCUT2D eigenvalue weighted by atomic mass is 16.5. The number of esters is 1. The van der Waals surface area contributed by atoms with Gasteiger partial charge in [0.2, 0.25) is 0 Å². The summed E-state index contributed by atoms with van der Waals surface area (Å²) in [7, 11) is 0. The number of carbonyl (C=O) groups is 2. The monoisotopic (exact) mass is 374 g/mol. The molecule has 0 unspecified atom stereocenters. The van der Waals surface area contributed by atoms with E-state index in [4.69, 9.17) is 10.00 Å². The van der Waals surface area contributed by atoms with E-state index in [1.807, 2.05) is 30.3 Å². The molecular weight excluding hydrogens is 356 g/mol. The molecule has 1 N–H and O–H groups in total. The summed E-state index contributed by atoms with van der Waals surface area (Å²) in [4.78, 5) is 24.3. The van der Waals surface area contributed by atoms with Gasteiger partial charge in [0.1, 0.15) is 5.56 Å². The maximum Gasteiger partial charge on any atom is 0.342 e. The number of amides is 1. The predicted molar refractivity (Wildman–Crippen MR) is 103 cm³/mol. The number of hydrogen-bond acceptors (Lipinski definition) is 5. The molecule has 0 saturated heterocycles. The highest BCUT2D eigenvalue weighted by Gasteiger charge is 2.17. The van der Waals surface area contributed by atoms with E-state index in [0.29, 0.717) is 23.4 Å². The molecule has 140 valence electrons. The molecule has 1 heterocycles. The summed E-state index contributed by atoms with van der Waals surface area (Å²) in [5.41, 5.74) is 3.19. The van der Waals surface area contributed by atoms with E-state index in [1.54, 1.807) is 35.9 Å². The lowest BCUT2D eigenvalue weighted by Gasteiger charge is -2.07. The van der Waals surface area contributed by atoms with Gasteiger partial charge in [-0.15, -0.1) is 0 Å². The van der Waals surface area contributed by atoms with Gasteiger partial charge < -0.3 is 10.1 Å². The van der Waals surface area contributed by atoms with Gasteiger partial charge in [0.15, 0.2) is 6.61 Å². The molecule has 0 spiro atoms. The van der Waals surface area contributed by atoms with Gasteiger partial charge >= 0.3 is 5.97 Å². The van der Waals surface area contributed by atoms with Crippen molar-refractivity contribution in [2.24, 2.45) is 0 Å². The Morgan fingerprint density at radius 1 is 1.14 bits per heavy atom. The lowest BCUT2D eigenvalue weighted by Crippen LogP contribution is -2.21. The van der Waals surface area contributed by atoms with Crippen molar-refractivity contribution in [3.05, 3.63) is 77.6 Å². The number of carbonyl (C=O) groups excluding carboxylic acids is 2. The summed E-state index contributed by atoms with van der Waals surface area (Å²) in [6, 6.07) is 18.4. The van der Waals surface area contributed by atoms with Gasteiger partial charge in [-0.1, -0.05) is 30.3 Å². The molecule has 3 aromatic rings. The quantitative estimate of drug-likeness (QED) is 0.669. The van der Waals surface area contributed by atoms with Crippen LogP contribution < -0.4 is 5.32 Å². The third-order valence-electron chi connectivity index (χ3n) is 4.09. The zero-order valence-electron chi connectivity index (χ0n) is 15.3. The molecule has 2 aromatic carbocycles. The van der Waals surface area contributed by atoms with Crippen molar-refractivity contribution in [3.63, 3.8) is 0 Å². The largest absolute Gasteiger partial charge is 0.452 e. The smallest absolute Gasteiger partial charge is 0.342 e.